The van der Waals surface area contributed by atoms with Gasteiger partial charge in [0.25, 0.3) is 0 Å². The topological polar surface area (TPSA) is 121 Å². The summed E-state index contributed by atoms with van der Waals surface area (Å²) >= 11 is 0. The molecule has 0 aromatic carbocycles. The van der Waals surface area contributed by atoms with Crippen molar-refractivity contribution in [3.63, 3.8) is 0 Å². The first kappa shape index (κ1) is 16.2. The van der Waals surface area contributed by atoms with E-state index < -0.39 is 18.3 Å². The van der Waals surface area contributed by atoms with Gasteiger partial charge in [0.15, 0.2) is 0 Å². The van der Waals surface area contributed by atoms with Gasteiger partial charge in [-0.05, 0) is 0 Å². The van der Waals surface area contributed by atoms with Gasteiger partial charge in [-0.3, -0.25) is 4.46 Å². The van der Waals surface area contributed by atoms with Gasteiger partial charge >= 0.3 is 46.9 Å². The molecule has 0 spiro atoms. The average molecular weight is 194 g/mol. The van der Waals surface area contributed by atoms with Crippen LogP contribution >= 0.6 is 0 Å². The van der Waals surface area contributed by atoms with E-state index in [0.29, 0.717) is 0 Å². The van der Waals surface area contributed by atoms with Gasteiger partial charge < -0.3 is 23.6 Å². The van der Waals surface area contributed by atoms with E-state index in [2.05, 4.69) is 0 Å². The molecule has 0 saturated heterocycles. The SMILES string of the molecule is O=[Si](O)O.O=[Si]([O-])[O-].[Ca+2]. The van der Waals surface area contributed by atoms with E-state index in [0.717, 1.165) is 0 Å². The maximum atomic E-state index is 8.74. The fourth-order valence-corrected chi connectivity index (χ4v) is 0. The van der Waals surface area contributed by atoms with Crippen LogP contribution < -0.4 is 9.59 Å². The third kappa shape index (κ3) is 1470. The second-order valence-electron chi connectivity index (χ2n) is 0.533. The zero-order chi connectivity index (χ0) is 7.15. The minimum absolute atomic E-state index is 0. The van der Waals surface area contributed by atoms with Crippen molar-refractivity contribution in [2.24, 2.45) is 0 Å². The fraction of sp³-hybridized carbons (Fsp3) is 0. The van der Waals surface area contributed by atoms with E-state index in [9.17, 15) is 0 Å². The van der Waals surface area contributed by atoms with Gasteiger partial charge in [-0.15, -0.1) is 0 Å². The molecule has 0 heterocycles. The summed E-state index contributed by atoms with van der Waals surface area (Å²) in [6, 6.07) is 0. The summed E-state index contributed by atoms with van der Waals surface area (Å²) in [6.45, 7) is 0. The predicted molar refractivity (Wildman–Crippen MR) is 23.1 cm³/mol. The summed E-state index contributed by atoms with van der Waals surface area (Å²) in [6.07, 6.45) is 0. The molecule has 0 amide bonds. The van der Waals surface area contributed by atoms with Gasteiger partial charge in [-0.25, -0.2) is 0 Å². The van der Waals surface area contributed by atoms with Crippen LogP contribution in [-0.2, 0) is 8.92 Å². The van der Waals surface area contributed by atoms with Crippen LogP contribution in [0.25, 0.3) is 0 Å². The van der Waals surface area contributed by atoms with Gasteiger partial charge in [0.1, 0.15) is 0 Å². The molecule has 0 aromatic heterocycles. The molecule has 0 radical (unpaired) electrons. The Balaban J connectivity index is -0.0000000720. The molecule has 0 fully saturated rings. The maximum Gasteiger partial charge on any atom is 2.00 e. The summed E-state index contributed by atoms with van der Waals surface area (Å²) in [7, 11) is -6.76. The van der Waals surface area contributed by atoms with Crippen molar-refractivity contribution in [2.45, 2.75) is 0 Å². The number of rotatable bonds is 0. The van der Waals surface area contributed by atoms with Crippen molar-refractivity contribution in [1.82, 2.24) is 0 Å². The second-order valence-corrected chi connectivity index (χ2v) is 1.60. The van der Waals surface area contributed by atoms with Crippen LogP contribution in [0.15, 0.2) is 0 Å². The summed E-state index contributed by atoms with van der Waals surface area (Å²) in [4.78, 5) is 31.4. The molecule has 0 rings (SSSR count). The van der Waals surface area contributed by atoms with Crippen LogP contribution in [0.5, 0.6) is 0 Å². The largest absolute Gasteiger partial charge is 2.00 e. The van der Waals surface area contributed by atoms with Crippen LogP contribution in [0.1, 0.15) is 0 Å². The van der Waals surface area contributed by atoms with Crippen LogP contribution in [-0.4, -0.2) is 65.7 Å². The molecule has 0 aromatic rings. The molecule has 0 aliphatic heterocycles. The van der Waals surface area contributed by atoms with Crippen LogP contribution in [0, 0.1) is 0 Å². The summed E-state index contributed by atoms with van der Waals surface area (Å²) in [5.74, 6) is 0. The monoisotopic (exact) mass is 194 g/mol. The number of hydrogen-bond donors (Lipinski definition) is 2. The molecule has 9 heteroatoms. The van der Waals surface area contributed by atoms with Gasteiger partial charge in [0, 0.05) is 9.17 Å². The molecule has 6 nitrogen and oxygen atoms in total. The van der Waals surface area contributed by atoms with E-state index in [1.807, 2.05) is 0 Å². The van der Waals surface area contributed by atoms with E-state index in [-0.39, 0.29) is 37.7 Å². The molecular weight excluding hydrogens is 192 g/mol. The first-order valence-electron chi connectivity index (χ1n) is 1.26. The Labute approximate surface area is 83.6 Å². The Morgan fingerprint density at radius 2 is 1.11 bits per heavy atom. The van der Waals surface area contributed by atoms with E-state index in [4.69, 9.17) is 28.1 Å². The molecule has 0 aliphatic carbocycles. The third-order valence-corrected chi connectivity index (χ3v) is 0. The standard InChI is InChI=1S/Ca.H2O3Si.O3Si/c;2*1-4(2)3/h;1-2H;/q+2;;-2. The number of hydrogen-bond acceptors (Lipinski definition) is 4. The molecule has 48 valence electrons. The molecule has 0 atom stereocenters. The Hall–Kier alpha value is 0.494. The van der Waals surface area contributed by atoms with E-state index in [1.165, 1.54) is 0 Å². The van der Waals surface area contributed by atoms with Crippen molar-refractivity contribution in [3.05, 3.63) is 0 Å². The maximum absolute atomic E-state index is 8.74. The smallest absolute Gasteiger partial charge is 0.672 e. The van der Waals surface area contributed by atoms with Gasteiger partial charge in [0.05, 0.1) is 0 Å². The van der Waals surface area contributed by atoms with Crippen LogP contribution in [0.3, 0.4) is 0 Å². The van der Waals surface area contributed by atoms with Gasteiger partial charge in [-0.1, -0.05) is 0 Å². The first-order valence-corrected chi connectivity index (χ1v) is 3.79. The Kier molecular flexibility index (Phi) is 20.4. The predicted octanol–water partition coefficient (Wildman–Crippen LogP) is -4.87. The van der Waals surface area contributed by atoms with Gasteiger partial charge in [-0.2, -0.15) is 0 Å². The fourth-order valence-electron chi connectivity index (χ4n) is 0. The van der Waals surface area contributed by atoms with Crippen LogP contribution in [0.4, 0.5) is 0 Å². The molecule has 2 N–H and O–H groups in total. The minimum atomic E-state index is -3.63. The van der Waals surface area contributed by atoms with E-state index in [1.54, 1.807) is 0 Å². The molecule has 9 heavy (non-hydrogen) atoms. The van der Waals surface area contributed by atoms with Crippen molar-refractivity contribution in [3.8, 4) is 0 Å². The molecule has 0 unspecified atom stereocenters. The van der Waals surface area contributed by atoms with E-state index >= 15 is 0 Å². The average Bonchev–Trinajstić information content (AvgIpc) is 1.25. The Bertz CT molecular complexity index is 69.1. The third-order valence-electron chi connectivity index (χ3n) is 0. The van der Waals surface area contributed by atoms with Crippen molar-refractivity contribution in [1.29, 1.82) is 0 Å². The van der Waals surface area contributed by atoms with Crippen molar-refractivity contribution < 1.29 is 28.1 Å². The van der Waals surface area contributed by atoms with Crippen molar-refractivity contribution >= 4 is 56.1 Å². The zero-order valence-electron chi connectivity index (χ0n) is 4.23. The Morgan fingerprint density at radius 3 is 1.11 bits per heavy atom. The quantitative estimate of drug-likeness (QED) is 0.373. The van der Waals surface area contributed by atoms with Crippen molar-refractivity contribution in [2.75, 3.05) is 0 Å². The molecule has 0 aliphatic rings. The zero-order valence-corrected chi connectivity index (χ0v) is 8.44. The summed E-state index contributed by atoms with van der Waals surface area (Å²) < 4.78 is 17.3. The molecule has 0 bridgehead atoms. The second kappa shape index (κ2) is 11.3. The Morgan fingerprint density at radius 1 is 1.11 bits per heavy atom. The van der Waals surface area contributed by atoms with Crippen LogP contribution in [0.2, 0.25) is 0 Å². The minimum Gasteiger partial charge on any atom is -0.672 e. The summed E-state index contributed by atoms with van der Waals surface area (Å²) in [5, 5.41) is 0. The molecular formula is H2CaO6Si2. The first-order chi connectivity index (χ1) is 3.46. The normalized spacial score (nSPS) is 5.33. The van der Waals surface area contributed by atoms with Gasteiger partial charge in [0.2, 0.25) is 0 Å². The summed E-state index contributed by atoms with van der Waals surface area (Å²) in [5.41, 5.74) is 0. The molecule has 0 saturated carbocycles.